The fourth-order valence-electron chi connectivity index (χ4n) is 4.30. The Balaban J connectivity index is 1.74. The molecule has 1 unspecified atom stereocenters. The van der Waals surface area contributed by atoms with Gasteiger partial charge in [-0.2, -0.15) is 0 Å². The molecular weight excluding hydrogens is 294 g/mol. The normalized spacial score (nSPS) is 26.9. The van der Waals surface area contributed by atoms with Gasteiger partial charge in [-0.05, 0) is 51.5 Å². The molecule has 4 heterocycles. The van der Waals surface area contributed by atoms with E-state index in [1.807, 2.05) is 24.8 Å². The molecule has 0 radical (unpaired) electrons. The molecule has 0 aromatic carbocycles. The van der Waals surface area contributed by atoms with E-state index in [1.165, 1.54) is 0 Å². The molecule has 1 N–H and O–H groups in total. The summed E-state index contributed by atoms with van der Waals surface area (Å²) < 4.78 is 5.25. The van der Waals surface area contributed by atoms with Gasteiger partial charge in [-0.25, -0.2) is 4.98 Å². The molecule has 2 fully saturated rings. The molecule has 122 valence electrons. The number of fused-ring (bicyclic) bond motifs is 3. The van der Waals surface area contributed by atoms with E-state index in [2.05, 4.69) is 10.1 Å². The van der Waals surface area contributed by atoms with Gasteiger partial charge in [-0.3, -0.25) is 4.79 Å². The maximum Gasteiger partial charge on any atom is 0.258 e. The monoisotopic (exact) mass is 315 g/mol. The summed E-state index contributed by atoms with van der Waals surface area (Å²) >= 11 is 0. The maximum atomic E-state index is 13.2. The molecule has 2 aromatic heterocycles. The van der Waals surface area contributed by atoms with Crippen molar-refractivity contribution in [2.45, 2.75) is 51.6 Å². The Bertz CT molecular complexity index is 756. The lowest BCUT2D eigenvalue weighted by atomic mass is 9.90. The van der Waals surface area contributed by atoms with Gasteiger partial charge in [-0.15, -0.1) is 0 Å². The third-order valence-corrected chi connectivity index (χ3v) is 5.30. The predicted octanol–water partition coefficient (Wildman–Crippen LogP) is 2.22. The lowest BCUT2D eigenvalue weighted by Gasteiger charge is -2.38. The maximum absolute atomic E-state index is 13.2. The van der Waals surface area contributed by atoms with Crippen molar-refractivity contribution < 1.29 is 14.4 Å². The van der Waals surface area contributed by atoms with Gasteiger partial charge < -0.3 is 14.5 Å². The number of aliphatic hydroxyl groups excluding tert-OH is 1. The molecule has 0 spiro atoms. The van der Waals surface area contributed by atoms with Crippen molar-refractivity contribution in [3.63, 3.8) is 0 Å². The zero-order valence-electron chi connectivity index (χ0n) is 13.5. The van der Waals surface area contributed by atoms with Crippen LogP contribution in [0.3, 0.4) is 0 Å². The Morgan fingerprint density at radius 3 is 2.70 bits per heavy atom. The minimum atomic E-state index is 0.0516. The molecule has 2 bridgehead atoms. The van der Waals surface area contributed by atoms with Gasteiger partial charge in [0.15, 0.2) is 0 Å². The van der Waals surface area contributed by atoms with Crippen molar-refractivity contribution in [1.82, 2.24) is 15.0 Å². The first-order valence-electron chi connectivity index (χ1n) is 8.25. The molecule has 4 rings (SSSR count). The third kappa shape index (κ3) is 2.24. The van der Waals surface area contributed by atoms with Crippen molar-refractivity contribution in [3.8, 4) is 0 Å². The SMILES string of the molecule is Cc1cc(C(=O)N2[C@@H]3CC[C@H]2CC(CO)C3)c2c(C)noc2n1. The van der Waals surface area contributed by atoms with Gasteiger partial charge in [0.05, 0.1) is 16.6 Å². The molecule has 2 saturated heterocycles. The number of hydrogen-bond donors (Lipinski definition) is 1. The second kappa shape index (κ2) is 5.30. The summed E-state index contributed by atoms with van der Waals surface area (Å²) in [6.07, 6.45) is 3.86. The van der Waals surface area contributed by atoms with E-state index >= 15 is 0 Å². The van der Waals surface area contributed by atoms with Crippen molar-refractivity contribution in [2.75, 3.05) is 6.61 Å². The number of nitrogens with zero attached hydrogens (tertiary/aromatic N) is 3. The summed E-state index contributed by atoms with van der Waals surface area (Å²) in [5.74, 6) is 0.378. The number of rotatable bonds is 2. The highest BCUT2D eigenvalue weighted by molar-refractivity contribution is 6.06. The van der Waals surface area contributed by atoms with Crippen molar-refractivity contribution in [1.29, 1.82) is 0 Å². The zero-order valence-corrected chi connectivity index (χ0v) is 13.5. The number of aryl methyl sites for hydroxylation is 2. The highest BCUT2D eigenvalue weighted by Gasteiger charge is 2.43. The topological polar surface area (TPSA) is 79.5 Å². The lowest BCUT2D eigenvalue weighted by molar-refractivity contribution is 0.0455. The summed E-state index contributed by atoms with van der Waals surface area (Å²) in [6, 6.07) is 2.32. The van der Waals surface area contributed by atoms with Gasteiger partial charge in [-0.1, -0.05) is 5.16 Å². The standard InChI is InChI=1S/C17H21N3O3/c1-9-5-14(15-10(2)19-23-16(15)18-9)17(22)20-12-3-4-13(20)7-11(6-12)8-21/h5,11-13,21H,3-4,6-8H2,1-2H3/t11?,12-,13+. The van der Waals surface area contributed by atoms with Crippen LogP contribution < -0.4 is 0 Å². The highest BCUT2D eigenvalue weighted by atomic mass is 16.5. The Kier molecular flexibility index (Phi) is 3.37. The van der Waals surface area contributed by atoms with E-state index in [4.69, 9.17) is 4.52 Å². The van der Waals surface area contributed by atoms with Crippen LogP contribution in [0, 0.1) is 19.8 Å². The van der Waals surface area contributed by atoms with E-state index in [1.54, 1.807) is 0 Å². The molecule has 2 aliphatic rings. The molecule has 2 aromatic rings. The van der Waals surface area contributed by atoms with Crippen molar-refractivity contribution in [2.24, 2.45) is 5.92 Å². The number of piperidine rings is 1. The second-order valence-corrected chi connectivity index (χ2v) is 6.88. The summed E-state index contributed by atoms with van der Waals surface area (Å²) in [7, 11) is 0. The van der Waals surface area contributed by atoms with Crippen LogP contribution >= 0.6 is 0 Å². The Hall–Kier alpha value is -1.95. The molecule has 6 nitrogen and oxygen atoms in total. The number of carbonyl (C=O) groups excluding carboxylic acids is 1. The average molecular weight is 315 g/mol. The number of aromatic nitrogens is 2. The van der Waals surface area contributed by atoms with Crippen LogP contribution in [0.5, 0.6) is 0 Å². The van der Waals surface area contributed by atoms with E-state index in [-0.39, 0.29) is 24.6 Å². The molecule has 2 aliphatic heterocycles. The second-order valence-electron chi connectivity index (χ2n) is 6.88. The van der Waals surface area contributed by atoms with Gasteiger partial charge in [0.1, 0.15) is 0 Å². The zero-order chi connectivity index (χ0) is 16.1. The Morgan fingerprint density at radius 1 is 1.35 bits per heavy atom. The smallest absolute Gasteiger partial charge is 0.258 e. The minimum Gasteiger partial charge on any atom is -0.396 e. The summed E-state index contributed by atoms with van der Waals surface area (Å²) in [5, 5.41) is 14.1. The molecular formula is C17H21N3O3. The van der Waals surface area contributed by atoms with E-state index < -0.39 is 0 Å². The molecule has 0 saturated carbocycles. The average Bonchev–Trinajstić information content (AvgIpc) is 3.03. The molecule has 0 aliphatic carbocycles. The molecule has 6 heteroatoms. The Labute approximate surface area is 134 Å². The van der Waals surface area contributed by atoms with Crippen LogP contribution in [-0.4, -0.2) is 44.7 Å². The molecule has 3 atom stereocenters. The van der Waals surface area contributed by atoms with Gasteiger partial charge in [0.25, 0.3) is 11.6 Å². The van der Waals surface area contributed by atoms with Gasteiger partial charge in [0.2, 0.25) is 0 Å². The van der Waals surface area contributed by atoms with Crippen LogP contribution in [0.4, 0.5) is 0 Å². The summed E-state index contributed by atoms with van der Waals surface area (Å²) in [5.41, 5.74) is 2.54. The largest absolute Gasteiger partial charge is 0.396 e. The van der Waals surface area contributed by atoms with Crippen LogP contribution in [0.1, 0.15) is 47.4 Å². The number of hydrogen-bond acceptors (Lipinski definition) is 5. The summed E-state index contributed by atoms with van der Waals surface area (Å²) in [6.45, 7) is 3.92. The van der Waals surface area contributed by atoms with Gasteiger partial charge >= 0.3 is 0 Å². The third-order valence-electron chi connectivity index (χ3n) is 5.30. The number of carbonyl (C=O) groups is 1. The van der Waals surface area contributed by atoms with Crippen LogP contribution in [-0.2, 0) is 0 Å². The number of pyridine rings is 1. The minimum absolute atomic E-state index is 0.0516. The van der Waals surface area contributed by atoms with Gasteiger partial charge in [0, 0.05) is 24.4 Å². The highest BCUT2D eigenvalue weighted by Crippen LogP contribution is 2.40. The van der Waals surface area contributed by atoms with Crippen LogP contribution in [0.2, 0.25) is 0 Å². The molecule has 23 heavy (non-hydrogen) atoms. The summed E-state index contributed by atoms with van der Waals surface area (Å²) in [4.78, 5) is 19.6. The van der Waals surface area contributed by atoms with E-state index in [9.17, 15) is 9.90 Å². The number of amides is 1. The van der Waals surface area contributed by atoms with Crippen LogP contribution in [0.15, 0.2) is 10.6 Å². The first-order valence-corrected chi connectivity index (χ1v) is 8.25. The van der Waals surface area contributed by atoms with Crippen LogP contribution in [0.25, 0.3) is 11.1 Å². The first kappa shape index (κ1) is 14.6. The predicted molar refractivity (Wildman–Crippen MR) is 84.1 cm³/mol. The fourth-order valence-corrected chi connectivity index (χ4v) is 4.30. The first-order chi connectivity index (χ1) is 11.1. The fraction of sp³-hybridized carbons (Fsp3) is 0.588. The molecule has 1 amide bonds. The van der Waals surface area contributed by atoms with E-state index in [0.717, 1.165) is 36.8 Å². The lowest BCUT2D eigenvalue weighted by Crippen LogP contribution is -2.47. The Morgan fingerprint density at radius 2 is 2.04 bits per heavy atom. The van der Waals surface area contributed by atoms with E-state index in [0.29, 0.717) is 22.9 Å². The van der Waals surface area contributed by atoms with Crippen molar-refractivity contribution in [3.05, 3.63) is 23.0 Å². The van der Waals surface area contributed by atoms with Crippen molar-refractivity contribution >= 4 is 17.0 Å². The quantitative estimate of drug-likeness (QED) is 0.919. The number of aliphatic hydroxyl groups is 1.